The lowest BCUT2D eigenvalue weighted by molar-refractivity contribution is 0.0691. The van der Waals surface area contributed by atoms with Crippen molar-refractivity contribution in [1.29, 1.82) is 0 Å². The van der Waals surface area contributed by atoms with E-state index in [0.29, 0.717) is 15.6 Å². The van der Waals surface area contributed by atoms with Gasteiger partial charge in [-0.2, -0.15) is 5.10 Å². The van der Waals surface area contributed by atoms with Crippen LogP contribution in [0.4, 0.5) is 5.69 Å². The molecule has 0 aliphatic rings. The zero-order valence-electron chi connectivity index (χ0n) is 10.9. The normalized spacial score (nSPS) is 11.0. The molecule has 0 atom stereocenters. The van der Waals surface area contributed by atoms with Crippen LogP contribution in [0.15, 0.2) is 23.3 Å². The van der Waals surface area contributed by atoms with Crippen LogP contribution in [-0.4, -0.2) is 22.3 Å². The van der Waals surface area contributed by atoms with E-state index in [1.807, 2.05) is 0 Å². The van der Waals surface area contributed by atoms with Gasteiger partial charge in [0.25, 0.3) is 0 Å². The number of carboxylic acids is 1. The van der Waals surface area contributed by atoms with E-state index >= 15 is 0 Å². The lowest BCUT2D eigenvalue weighted by Gasteiger charge is -2.09. The van der Waals surface area contributed by atoms with Crippen molar-refractivity contribution < 1.29 is 9.90 Å². The van der Waals surface area contributed by atoms with Gasteiger partial charge in [0.2, 0.25) is 0 Å². The number of rotatable bonds is 4. The zero-order chi connectivity index (χ0) is 17.1. The van der Waals surface area contributed by atoms with Gasteiger partial charge in [0.05, 0.1) is 16.9 Å². The largest absolute Gasteiger partial charge is 0.476 e. The Morgan fingerprint density at radius 2 is 1.87 bits per heavy atom. The lowest BCUT2D eigenvalue weighted by Crippen LogP contribution is -2.05. The maximum Gasteiger partial charge on any atom is 0.356 e. The molecule has 0 aliphatic heterocycles. The Morgan fingerprint density at radius 1 is 1.17 bits per heavy atom. The molecule has 1 heterocycles. The van der Waals surface area contributed by atoms with Crippen molar-refractivity contribution in [3.8, 4) is 0 Å². The summed E-state index contributed by atoms with van der Waals surface area (Å²) in [5.41, 5.74) is 2.69. The second kappa shape index (κ2) is 7.55. The van der Waals surface area contributed by atoms with E-state index in [1.54, 1.807) is 18.2 Å². The number of hydrazone groups is 1. The van der Waals surface area contributed by atoms with Crippen molar-refractivity contribution in [2.24, 2.45) is 5.10 Å². The van der Waals surface area contributed by atoms with Gasteiger partial charge in [0.1, 0.15) is 10.0 Å². The Hall–Kier alpha value is -1.24. The molecular weight excluding hydrogens is 407 g/mol. The van der Waals surface area contributed by atoms with Crippen LogP contribution in [-0.2, 0) is 0 Å². The molecule has 0 saturated heterocycles. The summed E-state index contributed by atoms with van der Waals surface area (Å²) in [7, 11) is 0. The van der Waals surface area contributed by atoms with Crippen molar-refractivity contribution in [3.63, 3.8) is 0 Å². The monoisotopic (exact) mass is 411 g/mol. The topological polar surface area (TPSA) is 74.6 Å². The van der Waals surface area contributed by atoms with E-state index in [2.05, 4.69) is 15.5 Å². The third-order valence-corrected chi connectivity index (χ3v) is 4.25. The first kappa shape index (κ1) is 18.1. The van der Waals surface area contributed by atoms with Crippen LogP contribution < -0.4 is 5.43 Å². The number of aromatic carboxylic acids is 1. The molecule has 2 rings (SSSR count). The number of hydrogen-bond donors (Lipinski definition) is 2. The van der Waals surface area contributed by atoms with Gasteiger partial charge in [-0.15, -0.1) is 0 Å². The number of nitrogens with one attached hydrogen (secondary N) is 1. The van der Waals surface area contributed by atoms with Crippen molar-refractivity contribution in [1.82, 2.24) is 4.98 Å². The molecule has 0 fully saturated rings. The lowest BCUT2D eigenvalue weighted by atomic mass is 10.2. The van der Waals surface area contributed by atoms with Gasteiger partial charge in [-0.05, 0) is 12.1 Å². The minimum absolute atomic E-state index is 0.0204. The summed E-state index contributed by atoms with van der Waals surface area (Å²) in [5.74, 6) is -1.35. The minimum atomic E-state index is -1.35. The molecule has 1 aromatic heterocycles. The molecule has 1 aromatic carbocycles. The summed E-state index contributed by atoms with van der Waals surface area (Å²) < 4.78 is 0. The molecule has 0 aliphatic carbocycles. The molecule has 0 spiro atoms. The average molecular weight is 413 g/mol. The molecule has 23 heavy (non-hydrogen) atoms. The number of pyridine rings is 1. The molecule has 2 aromatic rings. The Bertz CT molecular complexity index is 811. The average Bonchev–Trinajstić information content (AvgIpc) is 2.48. The number of nitrogens with zero attached hydrogens (tertiary/aromatic N) is 2. The number of halogens is 5. The number of anilines is 1. The van der Waals surface area contributed by atoms with Gasteiger partial charge in [0.15, 0.2) is 10.8 Å². The predicted octanol–water partition coefficient (Wildman–Crippen LogP) is 5.49. The van der Waals surface area contributed by atoms with Gasteiger partial charge >= 0.3 is 5.97 Å². The third kappa shape index (κ3) is 4.19. The smallest absolute Gasteiger partial charge is 0.356 e. The summed E-state index contributed by atoms with van der Waals surface area (Å²) in [4.78, 5) is 14.7. The SMILES string of the molecule is O=C(O)c1nc(Cl)c(Cl)c(NN=Cc2ccc(Cl)cc2Cl)c1Cl. The van der Waals surface area contributed by atoms with E-state index in [1.165, 1.54) is 6.21 Å². The first-order chi connectivity index (χ1) is 10.8. The Labute approximate surface area is 155 Å². The standard InChI is InChI=1S/C13H6Cl5N3O2/c14-6-2-1-5(7(15)3-6)4-19-21-10-8(16)11(13(22)23)20-12(18)9(10)17/h1-4H,(H,20,21)(H,22,23). The van der Waals surface area contributed by atoms with E-state index in [9.17, 15) is 4.79 Å². The number of carboxylic acid groups (broad SMARTS) is 1. The van der Waals surface area contributed by atoms with Crippen LogP contribution in [0.3, 0.4) is 0 Å². The highest BCUT2D eigenvalue weighted by Gasteiger charge is 2.20. The minimum Gasteiger partial charge on any atom is -0.476 e. The van der Waals surface area contributed by atoms with Crippen LogP contribution in [0.25, 0.3) is 0 Å². The first-order valence-electron chi connectivity index (χ1n) is 5.83. The fourth-order valence-electron chi connectivity index (χ4n) is 1.53. The second-order valence-corrected chi connectivity index (χ2v) is 6.05. The van der Waals surface area contributed by atoms with E-state index in [-0.39, 0.29) is 20.9 Å². The number of aromatic nitrogens is 1. The molecule has 0 bridgehead atoms. The Morgan fingerprint density at radius 3 is 2.48 bits per heavy atom. The maximum atomic E-state index is 11.1. The van der Waals surface area contributed by atoms with E-state index in [0.717, 1.165) is 0 Å². The quantitative estimate of drug-likeness (QED) is 0.395. The summed E-state index contributed by atoms with van der Waals surface area (Å²) in [6.45, 7) is 0. The van der Waals surface area contributed by atoms with Crippen LogP contribution in [0.1, 0.15) is 16.1 Å². The second-order valence-electron chi connectivity index (χ2n) is 4.10. The van der Waals surface area contributed by atoms with E-state index < -0.39 is 11.7 Å². The molecule has 5 nitrogen and oxygen atoms in total. The zero-order valence-corrected chi connectivity index (χ0v) is 14.7. The fraction of sp³-hybridized carbons (Fsp3) is 0. The molecular formula is C13H6Cl5N3O2. The van der Waals surface area contributed by atoms with Crippen LogP contribution in [0, 0.1) is 0 Å². The van der Waals surface area contributed by atoms with Gasteiger partial charge < -0.3 is 5.11 Å². The fourth-order valence-corrected chi connectivity index (χ4v) is 2.65. The summed E-state index contributed by atoms with van der Waals surface area (Å²) in [5, 5.41) is 13.3. The number of hydrogen-bond acceptors (Lipinski definition) is 4. The Kier molecular flexibility index (Phi) is 5.95. The first-order valence-corrected chi connectivity index (χ1v) is 7.72. The van der Waals surface area contributed by atoms with E-state index in [4.69, 9.17) is 63.1 Å². The van der Waals surface area contributed by atoms with Crippen molar-refractivity contribution in [3.05, 3.63) is 54.7 Å². The Balaban J connectivity index is 2.33. The van der Waals surface area contributed by atoms with Gasteiger partial charge in [0, 0.05) is 10.6 Å². The van der Waals surface area contributed by atoms with Crippen molar-refractivity contribution in [2.75, 3.05) is 5.43 Å². The molecule has 2 N–H and O–H groups in total. The summed E-state index contributed by atoms with van der Waals surface area (Å²) in [6, 6.07) is 4.85. The van der Waals surface area contributed by atoms with Crippen LogP contribution >= 0.6 is 58.0 Å². The molecule has 0 radical (unpaired) electrons. The number of benzene rings is 1. The highest BCUT2D eigenvalue weighted by molar-refractivity contribution is 6.46. The van der Waals surface area contributed by atoms with Crippen LogP contribution in [0.5, 0.6) is 0 Å². The predicted molar refractivity (Wildman–Crippen MR) is 93.9 cm³/mol. The van der Waals surface area contributed by atoms with Gasteiger partial charge in [-0.25, -0.2) is 9.78 Å². The molecule has 120 valence electrons. The molecule has 10 heteroatoms. The van der Waals surface area contributed by atoms with Crippen LogP contribution in [0.2, 0.25) is 25.2 Å². The van der Waals surface area contributed by atoms with Crippen molar-refractivity contribution in [2.45, 2.75) is 0 Å². The highest BCUT2D eigenvalue weighted by Crippen LogP contribution is 2.36. The third-order valence-electron chi connectivity index (χ3n) is 2.58. The molecule has 0 saturated carbocycles. The van der Waals surface area contributed by atoms with Gasteiger partial charge in [-0.1, -0.05) is 64.1 Å². The van der Waals surface area contributed by atoms with Gasteiger partial charge in [-0.3, -0.25) is 5.43 Å². The maximum absolute atomic E-state index is 11.1. The molecule has 0 amide bonds. The molecule has 0 unspecified atom stereocenters. The number of carbonyl (C=O) groups is 1. The summed E-state index contributed by atoms with van der Waals surface area (Å²) >= 11 is 29.5. The highest BCUT2D eigenvalue weighted by atomic mass is 35.5. The summed E-state index contributed by atoms with van der Waals surface area (Å²) in [6.07, 6.45) is 1.39. The van der Waals surface area contributed by atoms with Crippen molar-refractivity contribution >= 4 is 75.9 Å².